The van der Waals surface area contributed by atoms with Crippen LogP contribution in [-0.4, -0.2) is 33.8 Å². The number of fused-ring (bicyclic) bond motifs is 1. The first-order valence-electron chi connectivity index (χ1n) is 8.69. The molecule has 0 radical (unpaired) electrons. The zero-order chi connectivity index (χ0) is 19.8. The van der Waals surface area contributed by atoms with E-state index in [1.54, 1.807) is 48.1 Å². The van der Waals surface area contributed by atoms with Crippen LogP contribution in [0.25, 0.3) is 5.69 Å². The lowest BCUT2D eigenvalue weighted by Crippen LogP contribution is -2.25. The van der Waals surface area contributed by atoms with Crippen molar-refractivity contribution in [2.24, 2.45) is 0 Å². The van der Waals surface area contributed by atoms with Gasteiger partial charge in [-0.15, -0.1) is 0 Å². The monoisotopic (exact) mass is 378 g/mol. The Morgan fingerprint density at radius 2 is 1.96 bits per heavy atom. The molecule has 0 unspecified atom stereocenters. The summed E-state index contributed by atoms with van der Waals surface area (Å²) in [6.07, 6.45) is 1.69. The summed E-state index contributed by atoms with van der Waals surface area (Å²) in [7, 11) is 1.56. The highest BCUT2D eigenvalue weighted by Crippen LogP contribution is 2.42. The van der Waals surface area contributed by atoms with Gasteiger partial charge in [-0.1, -0.05) is 18.2 Å². The molecule has 0 spiro atoms. The molecule has 0 fully saturated rings. The number of aromatic hydroxyl groups is 1. The Morgan fingerprint density at radius 1 is 1.21 bits per heavy atom. The molecule has 1 aliphatic rings. The molecule has 142 valence electrons. The number of anilines is 1. The van der Waals surface area contributed by atoms with Gasteiger partial charge in [-0.2, -0.15) is 0 Å². The van der Waals surface area contributed by atoms with Gasteiger partial charge < -0.3 is 24.8 Å². The average Bonchev–Trinajstić information content (AvgIpc) is 3.07. The molecule has 2 aromatic carbocycles. The van der Waals surface area contributed by atoms with Crippen molar-refractivity contribution < 1.29 is 24.5 Å². The number of carbonyl (C=O) groups is 2. The third-order valence-electron chi connectivity index (χ3n) is 4.88. The molecule has 0 aliphatic carbocycles. The topological polar surface area (TPSA) is 101 Å². The summed E-state index contributed by atoms with van der Waals surface area (Å²) in [6, 6.07) is 13.9. The Morgan fingerprint density at radius 3 is 2.64 bits per heavy atom. The van der Waals surface area contributed by atoms with Crippen molar-refractivity contribution in [3.63, 3.8) is 0 Å². The molecule has 2 heterocycles. The van der Waals surface area contributed by atoms with Crippen LogP contribution >= 0.6 is 0 Å². The number of amides is 1. The number of carboxylic acid groups (broad SMARTS) is 1. The molecule has 28 heavy (non-hydrogen) atoms. The number of benzene rings is 2. The number of aromatic carboxylic acids is 1. The van der Waals surface area contributed by atoms with Crippen LogP contribution in [0.5, 0.6) is 11.5 Å². The van der Waals surface area contributed by atoms with Crippen molar-refractivity contribution >= 4 is 17.6 Å². The van der Waals surface area contributed by atoms with Crippen LogP contribution < -0.4 is 10.1 Å². The molecule has 1 aliphatic heterocycles. The van der Waals surface area contributed by atoms with Crippen molar-refractivity contribution in [1.82, 2.24) is 4.57 Å². The van der Waals surface area contributed by atoms with Crippen LogP contribution in [0.4, 0.5) is 5.69 Å². The Balaban J connectivity index is 1.96. The molecule has 7 heteroatoms. The second-order valence-corrected chi connectivity index (χ2v) is 6.58. The van der Waals surface area contributed by atoms with E-state index in [2.05, 4.69) is 5.32 Å². The second kappa shape index (κ2) is 6.77. The van der Waals surface area contributed by atoms with Gasteiger partial charge in [0.05, 0.1) is 18.5 Å². The Labute approximate surface area is 160 Å². The van der Waals surface area contributed by atoms with Crippen molar-refractivity contribution in [3.05, 3.63) is 71.5 Å². The van der Waals surface area contributed by atoms with E-state index in [1.165, 1.54) is 6.20 Å². The molecular formula is C21H18N2O5. The smallest absolute Gasteiger partial charge is 0.339 e. The lowest BCUT2D eigenvalue weighted by Gasteiger charge is -2.26. The summed E-state index contributed by atoms with van der Waals surface area (Å²) in [6.45, 7) is 0. The summed E-state index contributed by atoms with van der Waals surface area (Å²) in [5.74, 6) is -0.971. The highest BCUT2D eigenvalue weighted by molar-refractivity contribution is 6.04. The normalized spacial score (nSPS) is 15.6. The molecule has 1 amide bonds. The Hall–Kier alpha value is -3.74. The van der Waals surface area contributed by atoms with Gasteiger partial charge in [0.2, 0.25) is 5.91 Å². The van der Waals surface area contributed by atoms with Gasteiger partial charge in [-0.25, -0.2) is 4.79 Å². The third kappa shape index (κ3) is 2.96. The molecule has 0 saturated heterocycles. The second-order valence-electron chi connectivity index (χ2n) is 6.58. The maximum atomic E-state index is 12.3. The van der Waals surface area contributed by atoms with E-state index in [0.29, 0.717) is 17.1 Å². The standard InChI is InChI=1S/C21H18N2O5/c1-28-15-4-2-3-13(9-15)23-11-17(21(26)27)19-20(23)16(10-18(25)22-19)12-5-7-14(24)8-6-12/h2-9,11,16,24H,10H2,1H3,(H,22,25)(H,26,27)/t16-/m0/s1. The van der Waals surface area contributed by atoms with E-state index in [-0.39, 0.29) is 29.6 Å². The first-order valence-corrected chi connectivity index (χ1v) is 8.69. The summed E-state index contributed by atoms with van der Waals surface area (Å²) in [4.78, 5) is 24.1. The number of methoxy groups -OCH3 is 1. The van der Waals surface area contributed by atoms with Crippen molar-refractivity contribution in [1.29, 1.82) is 0 Å². The molecular weight excluding hydrogens is 360 g/mol. The summed E-state index contributed by atoms with van der Waals surface area (Å²) in [5.41, 5.74) is 2.53. The van der Waals surface area contributed by atoms with E-state index < -0.39 is 5.97 Å². The van der Waals surface area contributed by atoms with Crippen LogP contribution in [0.1, 0.15) is 34.0 Å². The lowest BCUT2D eigenvalue weighted by atomic mass is 9.88. The van der Waals surface area contributed by atoms with E-state index in [9.17, 15) is 19.8 Å². The number of hydrogen-bond acceptors (Lipinski definition) is 4. The fourth-order valence-electron chi connectivity index (χ4n) is 3.59. The number of nitrogens with zero attached hydrogens (tertiary/aromatic N) is 1. The number of carboxylic acids is 1. The minimum Gasteiger partial charge on any atom is -0.508 e. The summed E-state index contributed by atoms with van der Waals surface area (Å²) in [5, 5.41) is 22.0. The van der Waals surface area contributed by atoms with Crippen molar-refractivity contribution in [3.8, 4) is 17.2 Å². The number of phenolic OH excluding ortho intramolecular Hbond substituents is 1. The Bertz CT molecular complexity index is 1070. The predicted octanol–water partition coefficient (Wildman–Crippen LogP) is 3.36. The molecule has 4 rings (SSSR count). The van der Waals surface area contributed by atoms with Crippen LogP contribution in [0.15, 0.2) is 54.7 Å². The zero-order valence-corrected chi connectivity index (χ0v) is 15.0. The number of nitrogens with one attached hydrogen (secondary N) is 1. The first kappa shape index (κ1) is 17.7. The minimum absolute atomic E-state index is 0.0228. The van der Waals surface area contributed by atoms with Gasteiger partial charge in [0, 0.05) is 30.3 Å². The first-order chi connectivity index (χ1) is 13.5. The summed E-state index contributed by atoms with van der Waals surface area (Å²) < 4.78 is 7.07. The molecule has 3 aromatic rings. The molecule has 7 nitrogen and oxygen atoms in total. The van der Waals surface area contributed by atoms with Crippen LogP contribution in [0, 0.1) is 0 Å². The molecule has 3 N–H and O–H groups in total. The van der Waals surface area contributed by atoms with Gasteiger partial charge in [-0.05, 0) is 29.8 Å². The van der Waals surface area contributed by atoms with E-state index in [4.69, 9.17) is 4.74 Å². The number of ether oxygens (including phenoxy) is 1. The third-order valence-corrected chi connectivity index (χ3v) is 4.88. The largest absolute Gasteiger partial charge is 0.508 e. The highest BCUT2D eigenvalue weighted by Gasteiger charge is 2.34. The quantitative estimate of drug-likeness (QED) is 0.646. The van der Waals surface area contributed by atoms with Gasteiger partial charge in [-0.3, -0.25) is 4.79 Å². The predicted molar refractivity (Wildman–Crippen MR) is 102 cm³/mol. The molecule has 0 bridgehead atoms. The summed E-state index contributed by atoms with van der Waals surface area (Å²) >= 11 is 0. The van der Waals surface area contributed by atoms with E-state index in [1.807, 2.05) is 12.1 Å². The average molecular weight is 378 g/mol. The molecule has 0 saturated carbocycles. The van der Waals surface area contributed by atoms with Gasteiger partial charge in [0.15, 0.2) is 0 Å². The fraction of sp³-hybridized carbons (Fsp3) is 0.143. The van der Waals surface area contributed by atoms with E-state index >= 15 is 0 Å². The number of phenols is 1. The van der Waals surface area contributed by atoms with Crippen molar-refractivity contribution in [2.75, 3.05) is 12.4 Å². The maximum Gasteiger partial charge on any atom is 0.339 e. The van der Waals surface area contributed by atoms with Crippen LogP contribution in [0.3, 0.4) is 0 Å². The van der Waals surface area contributed by atoms with Crippen LogP contribution in [-0.2, 0) is 4.79 Å². The maximum absolute atomic E-state index is 12.3. The van der Waals surface area contributed by atoms with Crippen molar-refractivity contribution in [2.45, 2.75) is 12.3 Å². The number of carbonyl (C=O) groups excluding carboxylic acids is 1. The minimum atomic E-state index is -1.12. The van der Waals surface area contributed by atoms with Gasteiger partial charge in [0.1, 0.15) is 17.1 Å². The van der Waals surface area contributed by atoms with E-state index in [0.717, 1.165) is 11.3 Å². The number of rotatable bonds is 4. The Kier molecular flexibility index (Phi) is 4.27. The number of aromatic nitrogens is 1. The molecule has 1 aromatic heterocycles. The fourth-order valence-corrected chi connectivity index (χ4v) is 3.59. The lowest BCUT2D eigenvalue weighted by molar-refractivity contribution is -0.116. The van der Waals surface area contributed by atoms with Gasteiger partial charge in [0.25, 0.3) is 0 Å². The highest BCUT2D eigenvalue weighted by atomic mass is 16.5. The zero-order valence-electron chi connectivity index (χ0n) is 15.0. The SMILES string of the molecule is COc1cccc(-n2cc(C(=O)O)c3c2[C@H](c2ccc(O)cc2)CC(=O)N3)c1. The molecule has 1 atom stereocenters. The van der Waals surface area contributed by atoms with Crippen LogP contribution in [0.2, 0.25) is 0 Å². The van der Waals surface area contributed by atoms with Gasteiger partial charge >= 0.3 is 5.97 Å². The number of hydrogen-bond donors (Lipinski definition) is 3.